The number of aryl methyl sites for hydroxylation is 3. The predicted molar refractivity (Wildman–Crippen MR) is 166 cm³/mol. The highest BCUT2D eigenvalue weighted by Crippen LogP contribution is 2.27. The highest BCUT2D eigenvalue weighted by Gasteiger charge is 2.28. The fourth-order valence-corrected chi connectivity index (χ4v) is 5.44. The number of hydrogen-bond donors (Lipinski definition) is 3. The fourth-order valence-electron chi connectivity index (χ4n) is 5.44. The van der Waals surface area contributed by atoms with Crippen molar-refractivity contribution < 1.29 is 29.0 Å². The lowest BCUT2D eigenvalue weighted by Crippen LogP contribution is -2.47. The predicted octanol–water partition coefficient (Wildman–Crippen LogP) is 4.64. The molecule has 0 spiro atoms. The number of anilines is 1. The van der Waals surface area contributed by atoms with Crippen LogP contribution in [-0.2, 0) is 29.4 Å². The summed E-state index contributed by atoms with van der Waals surface area (Å²) >= 11 is 0. The SMILES string of the molecule is Cc1ccc(OCn2nc(C)cc2C)c(NC(=O)c2cc(C(=O)O)nn2CC(=O)NC2CCCC[C@@H]2OCc2ccccc2)c1. The maximum atomic E-state index is 13.5. The van der Waals surface area contributed by atoms with Gasteiger partial charge in [0.2, 0.25) is 5.91 Å². The summed E-state index contributed by atoms with van der Waals surface area (Å²) in [5, 5.41) is 23.9. The zero-order valence-electron chi connectivity index (χ0n) is 25.7. The topological polar surface area (TPSA) is 150 Å². The smallest absolute Gasteiger partial charge is 0.356 e. The van der Waals surface area contributed by atoms with E-state index in [-0.39, 0.29) is 36.8 Å². The monoisotopic (exact) mass is 614 g/mol. The van der Waals surface area contributed by atoms with Crippen LogP contribution in [0.25, 0.3) is 0 Å². The zero-order chi connectivity index (χ0) is 31.9. The summed E-state index contributed by atoms with van der Waals surface area (Å²) in [5.74, 6) is -1.93. The first-order valence-electron chi connectivity index (χ1n) is 15.0. The number of nitrogens with zero attached hydrogens (tertiary/aromatic N) is 4. The minimum atomic E-state index is -1.31. The van der Waals surface area contributed by atoms with Crippen molar-refractivity contribution in [1.82, 2.24) is 24.9 Å². The van der Waals surface area contributed by atoms with E-state index in [4.69, 9.17) is 9.47 Å². The minimum Gasteiger partial charge on any atom is -0.476 e. The van der Waals surface area contributed by atoms with E-state index in [1.807, 2.05) is 63.2 Å². The number of aromatic carboxylic acids is 1. The number of carbonyl (C=O) groups is 3. The van der Waals surface area contributed by atoms with Gasteiger partial charge in [0, 0.05) is 11.8 Å². The summed E-state index contributed by atoms with van der Waals surface area (Å²) < 4.78 is 15.0. The number of ether oxygens (including phenoxy) is 2. The van der Waals surface area contributed by atoms with Gasteiger partial charge in [-0.05, 0) is 62.9 Å². The van der Waals surface area contributed by atoms with E-state index in [0.29, 0.717) is 18.0 Å². The lowest BCUT2D eigenvalue weighted by atomic mass is 9.92. The Morgan fingerprint density at radius 3 is 2.47 bits per heavy atom. The summed E-state index contributed by atoms with van der Waals surface area (Å²) in [6, 6.07) is 18.1. The molecule has 236 valence electrons. The van der Waals surface area contributed by atoms with Crippen LogP contribution in [0.15, 0.2) is 60.7 Å². The molecule has 1 saturated carbocycles. The number of rotatable bonds is 12. The molecule has 1 fully saturated rings. The number of aromatic nitrogens is 4. The Morgan fingerprint density at radius 1 is 0.956 bits per heavy atom. The van der Waals surface area contributed by atoms with Crippen molar-refractivity contribution in [1.29, 1.82) is 0 Å². The maximum Gasteiger partial charge on any atom is 0.356 e. The molecule has 1 unspecified atom stereocenters. The highest BCUT2D eigenvalue weighted by atomic mass is 16.5. The molecule has 12 nitrogen and oxygen atoms in total. The Hall–Kier alpha value is -4.97. The molecule has 0 saturated heterocycles. The molecule has 12 heteroatoms. The molecule has 1 aliphatic carbocycles. The van der Waals surface area contributed by atoms with E-state index in [1.165, 1.54) is 0 Å². The number of benzene rings is 2. The van der Waals surface area contributed by atoms with Crippen molar-refractivity contribution in [2.24, 2.45) is 0 Å². The standard InChI is InChI=1S/C33H38N6O6/c1-21-13-14-30(45-20-39-23(3)16-22(2)36-39)26(15-21)35-32(41)28-17-27(33(42)43)37-38(28)18-31(40)34-25-11-7-8-12-29(25)44-19-24-9-5-4-6-10-24/h4-6,9-10,13-17,25,29H,7-8,11-12,18-20H2,1-3H3,(H,34,40)(H,35,41)(H,42,43)/t25?,29-/m0/s1. The molecule has 3 N–H and O–H groups in total. The van der Waals surface area contributed by atoms with Crippen molar-refractivity contribution in [2.45, 2.75) is 78.5 Å². The van der Waals surface area contributed by atoms with Crippen LogP contribution in [0.5, 0.6) is 5.75 Å². The Kier molecular flexibility index (Phi) is 9.93. The summed E-state index contributed by atoms with van der Waals surface area (Å²) in [7, 11) is 0. The number of nitrogens with one attached hydrogen (secondary N) is 2. The summed E-state index contributed by atoms with van der Waals surface area (Å²) in [6.45, 7) is 5.92. The second-order valence-electron chi connectivity index (χ2n) is 11.3. The molecule has 4 aromatic rings. The largest absolute Gasteiger partial charge is 0.476 e. The normalized spacial score (nSPS) is 16.2. The molecule has 2 heterocycles. The Balaban J connectivity index is 1.28. The molecule has 2 amide bonds. The molecule has 2 atom stereocenters. The lowest BCUT2D eigenvalue weighted by molar-refractivity contribution is -0.124. The first kappa shape index (κ1) is 31.5. The van der Waals surface area contributed by atoms with Gasteiger partial charge in [0.15, 0.2) is 12.4 Å². The van der Waals surface area contributed by atoms with Gasteiger partial charge in [-0.2, -0.15) is 10.2 Å². The van der Waals surface area contributed by atoms with Gasteiger partial charge in [-0.1, -0.05) is 49.2 Å². The number of hydrogen-bond acceptors (Lipinski definition) is 7. The van der Waals surface area contributed by atoms with Crippen LogP contribution in [0.1, 0.15) is 69.2 Å². The third-order valence-corrected chi connectivity index (χ3v) is 7.71. The highest BCUT2D eigenvalue weighted by molar-refractivity contribution is 6.05. The molecule has 2 aromatic heterocycles. The van der Waals surface area contributed by atoms with Gasteiger partial charge in [-0.25, -0.2) is 14.2 Å². The van der Waals surface area contributed by atoms with Crippen molar-refractivity contribution in [3.8, 4) is 5.75 Å². The van der Waals surface area contributed by atoms with E-state index in [2.05, 4.69) is 20.8 Å². The minimum absolute atomic E-state index is 0.0749. The van der Waals surface area contributed by atoms with Crippen LogP contribution in [-0.4, -0.2) is 54.6 Å². The van der Waals surface area contributed by atoms with Gasteiger partial charge in [0.05, 0.1) is 30.1 Å². The third kappa shape index (κ3) is 8.15. The molecule has 1 aliphatic rings. The molecule has 0 aliphatic heterocycles. The zero-order valence-corrected chi connectivity index (χ0v) is 25.7. The second-order valence-corrected chi connectivity index (χ2v) is 11.3. The van der Waals surface area contributed by atoms with E-state index < -0.39 is 17.8 Å². The summed E-state index contributed by atoms with van der Waals surface area (Å²) in [4.78, 5) is 38.5. The summed E-state index contributed by atoms with van der Waals surface area (Å²) in [6.07, 6.45) is 3.37. The molecular formula is C33H38N6O6. The molecule has 2 aromatic carbocycles. The average molecular weight is 615 g/mol. The van der Waals surface area contributed by atoms with Crippen LogP contribution in [0, 0.1) is 20.8 Å². The van der Waals surface area contributed by atoms with Crippen LogP contribution in [0.3, 0.4) is 0 Å². The van der Waals surface area contributed by atoms with Gasteiger partial charge in [0.25, 0.3) is 5.91 Å². The molecule has 0 bridgehead atoms. The second kappa shape index (κ2) is 14.2. The number of amides is 2. The van der Waals surface area contributed by atoms with Crippen molar-refractivity contribution in [2.75, 3.05) is 5.32 Å². The van der Waals surface area contributed by atoms with Crippen LogP contribution >= 0.6 is 0 Å². The molecule has 5 rings (SSSR count). The van der Waals surface area contributed by atoms with E-state index in [0.717, 1.165) is 58.9 Å². The first-order valence-corrected chi connectivity index (χ1v) is 15.0. The maximum absolute atomic E-state index is 13.5. The number of carboxylic acids is 1. The molecule has 45 heavy (non-hydrogen) atoms. The number of carboxylic acid groups (broad SMARTS) is 1. The van der Waals surface area contributed by atoms with Crippen molar-refractivity contribution >= 4 is 23.5 Å². The van der Waals surface area contributed by atoms with Gasteiger partial charge in [0.1, 0.15) is 18.0 Å². The molecule has 0 radical (unpaired) electrons. The van der Waals surface area contributed by atoms with Crippen molar-refractivity contribution in [3.63, 3.8) is 0 Å². The quantitative estimate of drug-likeness (QED) is 0.209. The first-order chi connectivity index (χ1) is 21.7. The molecular weight excluding hydrogens is 576 g/mol. The van der Waals surface area contributed by atoms with E-state index in [9.17, 15) is 19.5 Å². The lowest BCUT2D eigenvalue weighted by Gasteiger charge is -2.32. The average Bonchev–Trinajstić information content (AvgIpc) is 3.58. The Morgan fingerprint density at radius 2 is 1.73 bits per heavy atom. The summed E-state index contributed by atoms with van der Waals surface area (Å²) in [5.41, 5.74) is 3.68. The van der Waals surface area contributed by atoms with Crippen LogP contribution in [0.2, 0.25) is 0 Å². The van der Waals surface area contributed by atoms with E-state index in [1.54, 1.807) is 16.8 Å². The third-order valence-electron chi connectivity index (χ3n) is 7.71. The fraction of sp³-hybridized carbons (Fsp3) is 0.364. The van der Waals surface area contributed by atoms with Gasteiger partial charge in [-0.3, -0.25) is 9.59 Å². The number of carbonyl (C=O) groups excluding carboxylic acids is 2. The Labute approximate surface area is 261 Å². The van der Waals surface area contributed by atoms with Gasteiger partial charge >= 0.3 is 5.97 Å². The van der Waals surface area contributed by atoms with Gasteiger partial charge in [-0.15, -0.1) is 0 Å². The Bertz CT molecular complexity index is 1660. The van der Waals surface area contributed by atoms with E-state index >= 15 is 0 Å². The van der Waals surface area contributed by atoms with Crippen molar-refractivity contribution in [3.05, 3.63) is 94.6 Å². The van der Waals surface area contributed by atoms with Crippen LogP contribution < -0.4 is 15.4 Å². The van der Waals surface area contributed by atoms with Crippen LogP contribution in [0.4, 0.5) is 5.69 Å². The van der Waals surface area contributed by atoms with Gasteiger partial charge < -0.3 is 25.2 Å².